The molecule has 0 bridgehead atoms. The highest BCUT2D eigenvalue weighted by Crippen LogP contribution is 2.23. The fourth-order valence-corrected chi connectivity index (χ4v) is 1.80. The van der Waals surface area contributed by atoms with Crippen molar-refractivity contribution in [2.45, 2.75) is 19.8 Å². The van der Waals surface area contributed by atoms with E-state index in [-0.39, 0.29) is 0 Å². The van der Waals surface area contributed by atoms with Crippen LogP contribution in [-0.4, -0.2) is 4.98 Å². The molecular formula is C14H14ClN. The van der Waals surface area contributed by atoms with E-state index in [1.54, 1.807) is 6.20 Å². The smallest absolute Gasteiger partial charge is 0.0595 e. The van der Waals surface area contributed by atoms with Crippen LogP contribution in [0.1, 0.15) is 25.3 Å². The van der Waals surface area contributed by atoms with Crippen LogP contribution in [0.4, 0.5) is 0 Å². The number of benzene rings is 1. The second-order valence-electron chi connectivity index (χ2n) is 4.17. The molecule has 2 rings (SSSR count). The Morgan fingerprint density at radius 2 is 1.69 bits per heavy atom. The average Bonchev–Trinajstić information content (AvgIpc) is 2.29. The van der Waals surface area contributed by atoms with E-state index in [9.17, 15) is 0 Å². The van der Waals surface area contributed by atoms with Gasteiger partial charge < -0.3 is 0 Å². The summed E-state index contributed by atoms with van der Waals surface area (Å²) in [6.45, 7) is 4.38. The maximum Gasteiger partial charge on any atom is 0.0595 e. The zero-order valence-electron chi connectivity index (χ0n) is 9.44. The van der Waals surface area contributed by atoms with Gasteiger partial charge in [0.1, 0.15) is 0 Å². The van der Waals surface area contributed by atoms with Gasteiger partial charge in [-0.1, -0.05) is 49.7 Å². The first kappa shape index (κ1) is 11.2. The Balaban J connectivity index is 2.35. The van der Waals surface area contributed by atoms with E-state index >= 15 is 0 Å². The van der Waals surface area contributed by atoms with Gasteiger partial charge in [0.2, 0.25) is 0 Å². The van der Waals surface area contributed by atoms with Crippen LogP contribution in [0.5, 0.6) is 0 Å². The van der Waals surface area contributed by atoms with Crippen molar-refractivity contribution < 1.29 is 0 Å². The lowest BCUT2D eigenvalue weighted by Crippen LogP contribution is -1.87. The number of rotatable bonds is 2. The van der Waals surface area contributed by atoms with E-state index in [1.807, 2.05) is 12.3 Å². The molecule has 1 aromatic carbocycles. The molecule has 1 nitrogen and oxygen atoms in total. The minimum atomic E-state index is 0.562. The van der Waals surface area contributed by atoms with Crippen LogP contribution < -0.4 is 0 Å². The van der Waals surface area contributed by atoms with E-state index in [1.165, 1.54) is 5.56 Å². The minimum absolute atomic E-state index is 0.562. The predicted octanol–water partition coefficient (Wildman–Crippen LogP) is 4.53. The van der Waals surface area contributed by atoms with Crippen molar-refractivity contribution in [3.8, 4) is 11.1 Å². The molecule has 0 aliphatic heterocycles. The van der Waals surface area contributed by atoms with Crippen molar-refractivity contribution in [3.63, 3.8) is 0 Å². The summed E-state index contributed by atoms with van der Waals surface area (Å²) >= 11 is 5.91. The molecule has 0 aliphatic rings. The predicted molar refractivity (Wildman–Crippen MR) is 68.8 cm³/mol. The third-order valence-corrected chi connectivity index (χ3v) is 2.82. The third-order valence-electron chi connectivity index (χ3n) is 2.62. The SMILES string of the molecule is CC(C)c1ccc(-c2cncc(Cl)c2)cc1. The number of hydrogen-bond acceptors (Lipinski definition) is 1. The van der Waals surface area contributed by atoms with Gasteiger partial charge in [-0.2, -0.15) is 0 Å². The molecule has 0 amide bonds. The lowest BCUT2D eigenvalue weighted by molar-refractivity contribution is 0.867. The topological polar surface area (TPSA) is 12.9 Å². The maximum atomic E-state index is 5.91. The van der Waals surface area contributed by atoms with Crippen LogP contribution in [0.15, 0.2) is 42.7 Å². The van der Waals surface area contributed by atoms with E-state index in [0.717, 1.165) is 11.1 Å². The molecule has 0 fully saturated rings. The highest BCUT2D eigenvalue weighted by Gasteiger charge is 2.01. The molecule has 0 unspecified atom stereocenters. The number of aromatic nitrogens is 1. The Hall–Kier alpha value is -1.34. The normalized spacial score (nSPS) is 10.8. The highest BCUT2D eigenvalue weighted by atomic mass is 35.5. The summed E-state index contributed by atoms with van der Waals surface area (Å²) in [5.41, 5.74) is 3.56. The molecule has 0 atom stereocenters. The van der Waals surface area contributed by atoms with Gasteiger partial charge in [0.25, 0.3) is 0 Å². The third kappa shape index (κ3) is 2.42. The van der Waals surface area contributed by atoms with Crippen molar-refractivity contribution in [1.29, 1.82) is 0 Å². The van der Waals surface area contributed by atoms with Gasteiger partial charge in [-0.05, 0) is 23.1 Å². The summed E-state index contributed by atoms with van der Waals surface area (Å²) in [7, 11) is 0. The minimum Gasteiger partial charge on any atom is -0.263 e. The van der Waals surface area contributed by atoms with Gasteiger partial charge in [0.05, 0.1) is 5.02 Å². The first-order valence-corrected chi connectivity index (χ1v) is 5.75. The first-order chi connectivity index (χ1) is 7.66. The molecule has 0 saturated carbocycles. The molecule has 82 valence electrons. The van der Waals surface area contributed by atoms with Gasteiger partial charge in [0.15, 0.2) is 0 Å². The first-order valence-electron chi connectivity index (χ1n) is 5.37. The van der Waals surface area contributed by atoms with Crippen LogP contribution in [0.3, 0.4) is 0 Å². The summed E-state index contributed by atoms with van der Waals surface area (Å²) in [5.74, 6) is 0.562. The van der Waals surface area contributed by atoms with Crippen LogP contribution >= 0.6 is 11.6 Å². The summed E-state index contributed by atoms with van der Waals surface area (Å²) < 4.78 is 0. The highest BCUT2D eigenvalue weighted by molar-refractivity contribution is 6.30. The lowest BCUT2D eigenvalue weighted by Gasteiger charge is -2.07. The number of pyridine rings is 1. The standard InChI is InChI=1S/C14H14ClN/c1-10(2)11-3-5-12(6-4-11)13-7-14(15)9-16-8-13/h3-10H,1-2H3. The quantitative estimate of drug-likeness (QED) is 0.740. The van der Waals surface area contributed by atoms with E-state index in [2.05, 4.69) is 43.1 Å². The number of nitrogens with zero attached hydrogens (tertiary/aromatic N) is 1. The van der Waals surface area contributed by atoms with Gasteiger partial charge in [-0.15, -0.1) is 0 Å². The molecule has 0 aliphatic carbocycles. The Kier molecular flexibility index (Phi) is 3.25. The van der Waals surface area contributed by atoms with Gasteiger partial charge >= 0.3 is 0 Å². The van der Waals surface area contributed by atoms with Gasteiger partial charge in [0, 0.05) is 18.0 Å². The molecular weight excluding hydrogens is 218 g/mol. The van der Waals surface area contributed by atoms with Crippen LogP contribution in [0, 0.1) is 0 Å². The van der Waals surface area contributed by atoms with Crippen LogP contribution in [0.2, 0.25) is 5.02 Å². The van der Waals surface area contributed by atoms with Crippen LogP contribution in [-0.2, 0) is 0 Å². The Bertz CT molecular complexity index is 474. The monoisotopic (exact) mass is 231 g/mol. The molecule has 0 spiro atoms. The molecule has 1 aromatic heterocycles. The lowest BCUT2D eigenvalue weighted by atomic mass is 10.00. The summed E-state index contributed by atoms with van der Waals surface area (Å²) in [4.78, 5) is 4.09. The number of hydrogen-bond donors (Lipinski definition) is 0. The average molecular weight is 232 g/mol. The van der Waals surface area contributed by atoms with E-state index in [0.29, 0.717) is 10.9 Å². The summed E-state index contributed by atoms with van der Waals surface area (Å²) in [6.07, 6.45) is 3.48. The maximum absolute atomic E-state index is 5.91. The number of halogens is 1. The van der Waals surface area contributed by atoms with Gasteiger partial charge in [-0.3, -0.25) is 4.98 Å². The van der Waals surface area contributed by atoms with Crippen molar-refractivity contribution >= 4 is 11.6 Å². The zero-order valence-corrected chi connectivity index (χ0v) is 10.2. The second-order valence-corrected chi connectivity index (χ2v) is 4.60. The molecule has 16 heavy (non-hydrogen) atoms. The zero-order chi connectivity index (χ0) is 11.5. The van der Waals surface area contributed by atoms with E-state index in [4.69, 9.17) is 11.6 Å². The Labute approximate surface area is 101 Å². The summed E-state index contributed by atoms with van der Waals surface area (Å²) in [5, 5.41) is 0.672. The fourth-order valence-electron chi connectivity index (χ4n) is 1.63. The van der Waals surface area contributed by atoms with E-state index < -0.39 is 0 Å². The molecule has 1 heterocycles. The molecule has 2 aromatic rings. The fraction of sp³-hybridized carbons (Fsp3) is 0.214. The van der Waals surface area contributed by atoms with Crippen LogP contribution in [0.25, 0.3) is 11.1 Å². The van der Waals surface area contributed by atoms with Gasteiger partial charge in [-0.25, -0.2) is 0 Å². The van der Waals surface area contributed by atoms with Crippen molar-refractivity contribution in [2.24, 2.45) is 0 Å². The largest absolute Gasteiger partial charge is 0.263 e. The Morgan fingerprint density at radius 1 is 1.00 bits per heavy atom. The molecule has 0 radical (unpaired) electrons. The molecule has 0 saturated heterocycles. The van der Waals surface area contributed by atoms with Crippen molar-refractivity contribution in [3.05, 3.63) is 53.3 Å². The molecule has 2 heteroatoms. The summed E-state index contributed by atoms with van der Waals surface area (Å²) in [6, 6.07) is 10.5. The second kappa shape index (κ2) is 4.67. The molecule has 0 N–H and O–H groups in total. The van der Waals surface area contributed by atoms with Crippen molar-refractivity contribution in [1.82, 2.24) is 4.98 Å². The Morgan fingerprint density at radius 3 is 2.25 bits per heavy atom. The van der Waals surface area contributed by atoms with Crippen molar-refractivity contribution in [2.75, 3.05) is 0 Å².